The molecule has 26 heavy (non-hydrogen) atoms. The third-order valence-electron chi connectivity index (χ3n) is 5.14. The highest BCUT2D eigenvalue weighted by molar-refractivity contribution is 6.33. The standard InChI is InChI=1S/C20H27ClN4O/c1-2-25-14-11-22-19(25)15-24-12-9-16(10-13-24)7-8-20(26)23-18-6-4-3-5-17(18)21/h3-6,11,14,16H,2,7-10,12-13,15H2,1H3,(H,23,26). The van der Waals surface area contributed by atoms with Crippen molar-refractivity contribution in [2.75, 3.05) is 18.4 Å². The van der Waals surface area contributed by atoms with Gasteiger partial charge in [-0.2, -0.15) is 0 Å². The number of benzene rings is 1. The lowest BCUT2D eigenvalue weighted by Gasteiger charge is -2.31. The number of halogens is 1. The van der Waals surface area contributed by atoms with Crippen molar-refractivity contribution in [3.05, 3.63) is 47.5 Å². The van der Waals surface area contributed by atoms with E-state index in [1.54, 1.807) is 6.07 Å². The zero-order valence-corrected chi connectivity index (χ0v) is 16.1. The number of aryl methyl sites for hydroxylation is 1. The zero-order valence-electron chi connectivity index (χ0n) is 15.3. The molecule has 0 atom stereocenters. The average Bonchev–Trinajstić information content (AvgIpc) is 3.10. The molecule has 5 nitrogen and oxygen atoms in total. The number of hydrogen-bond acceptors (Lipinski definition) is 3. The number of aromatic nitrogens is 2. The molecule has 1 amide bonds. The van der Waals surface area contributed by atoms with Gasteiger partial charge in [-0.15, -0.1) is 0 Å². The quantitative estimate of drug-likeness (QED) is 0.790. The molecule has 1 aromatic carbocycles. The summed E-state index contributed by atoms with van der Waals surface area (Å²) >= 11 is 6.09. The number of likely N-dealkylation sites (tertiary alicyclic amines) is 1. The Balaban J connectivity index is 1.39. The van der Waals surface area contributed by atoms with E-state index in [0.29, 0.717) is 23.0 Å². The van der Waals surface area contributed by atoms with E-state index in [1.807, 2.05) is 30.6 Å². The van der Waals surface area contributed by atoms with Gasteiger partial charge in [0, 0.05) is 25.4 Å². The summed E-state index contributed by atoms with van der Waals surface area (Å²) in [6.07, 6.45) is 7.70. The van der Waals surface area contributed by atoms with Crippen LogP contribution in [-0.4, -0.2) is 33.4 Å². The number of hydrogen-bond donors (Lipinski definition) is 1. The molecule has 1 aromatic heterocycles. The lowest BCUT2D eigenvalue weighted by atomic mass is 9.92. The fourth-order valence-corrected chi connectivity index (χ4v) is 3.71. The molecule has 1 saturated heterocycles. The van der Waals surface area contributed by atoms with E-state index >= 15 is 0 Å². The predicted octanol–water partition coefficient (Wildman–Crippen LogP) is 4.19. The van der Waals surface area contributed by atoms with Crippen LogP contribution in [0.2, 0.25) is 5.02 Å². The number of nitrogens with one attached hydrogen (secondary N) is 1. The van der Waals surface area contributed by atoms with Crippen LogP contribution in [0.5, 0.6) is 0 Å². The number of rotatable bonds is 7. The summed E-state index contributed by atoms with van der Waals surface area (Å²) in [5, 5.41) is 3.49. The van der Waals surface area contributed by atoms with E-state index in [2.05, 4.69) is 26.7 Å². The van der Waals surface area contributed by atoms with E-state index in [9.17, 15) is 4.79 Å². The molecule has 1 fully saturated rings. The SMILES string of the molecule is CCn1ccnc1CN1CCC(CCC(=O)Nc2ccccc2Cl)CC1. The average molecular weight is 375 g/mol. The molecule has 1 N–H and O–H groups in total. The van der Waals surface area contributed by atoms with Crippen LogP contribution in [0.15, 0.2) is 36.7 Å². The summed E-state index contributed by atoms with van der Waals surface area (Å²) in [6.45, 7) is 6.18. The fraction of sp³-hybridized carbons (Fsp3) is 0.500. The fourth-order valence-electron chi connectivity index (χ4n) is 3.52. The van der Waals surface area contributed by atoms with E-state index < -0.39 is 0 Å². The molecular weight excluding hydrogens is 348 g/mol. The number of imidazole rings is 1. The van der Waals surface area contributed by atoms with Crippen LogP contribution in [0.4, 0.5) is 5.69 Å². The van der Waals surface area contributed by atoms with Crippen LogP contribution in [-0.2, 0) is 17.9 Å². The molecule has 1 aliphatic rings. The van der Waals surface area contributed by atoms with Crippen molar-refractivity contribution in [3.63, 3.8) is 0 Å². The highest BCUT2D eigenvalue weighted by atomic mass is 35.5. The van der Waals surface area contributed by atoms with Gasteiger partial charge in [0.05, 0.1) is 17.3 Å². The van der Waals surface area contributed by atoms with Crippen molar-refractivity contribution in [3.8, 4) is 0 Å². The van der Waals surface area contributed by atoms with Crippen molar-refractivity contribution in [1.82, 2.24) is 14.5 Å². The van der Waals surface area contributed by atoms with Gasteiger partial charge in [-0.25, -0.2) is 4.98 Å². The van der Waals surface area contributed by atoms with E-state index in [4.69, 9.17) is 11.6 Å². The third-order valence-corrected chi connectivity index (χ3v) is 5.47. The number of amides is 1. The number of piperidine rings is 1. The van der Waals surface area contributed by atoms with Crippen LogP contribution in [0, 0.1) is 5.92 Å². The maximum atomic E-state index is 12.2. The van der Waals surface area contributed by atoms with Gasteiger partial charge in [0.15, 0.2) is 0 Å². The number of para-hydroxylation sites is 1. The Labute approximate surface area is 160 Å². The Morgan fingerprint density at radius 3 is 2.81 bits per heavy atom. The van der Waals surface area contributed by atoms with E-state index in [-0.39, 0.29) is 5.91 Å². The summed E-state index contributed by atoms with van der Waals surface area (Å²) < 4.78 is 2.20. The highest BCUT2D eigenvalue weighted by Gasteiger charge is 2.21. The van der Waals surface area contributed by atoms with Crippen LogP contribution < -0.4 is 5.32 Å². The first-order chi connectivity index (χ1) is 12.7. The lowest BCUT2D eigenvalue weighted by molar-refractivity contribution is -0.116. The van der Waals surface area contributed by atoms with Crippen LogP contribution in [0.25, 0.3) is 0 Å². The van der Waals surface area contributed by atoms with Crippen LogP contribution >= 0.6 is 11.6 Å². The monoisotopic (exact) mass is 374 g/mol. The number of nitrogens with zero attached hydrogens (tertiary/aromatic N) is 3. The molecule has 1 aliphatic heterocycles. The molecular formula is C20H27ClN4O. The first-order valence-electron chi connectivity index (χ1n) is 9.42. The van der Waals surface area contributed by atoms with Crippen molar-refractivity contribution in [2.24, 2.45) is 5.92 Å². The van der Waals surface area contributed by atoms with Crippen molar-refractivity contribution < 1.29 is 4.79 Å². The molecule has 3 rings (SSSR count). The van der Waals surface area contributed by atoms with Gasteiger partial charge >= 0.3 is 0 Å². The minimum absolute atomic E-state index is 0.0468. The molecule has 2 aromatic rings. The molecule has 0 unspecified atom stereocenters. The van der Waals surface area contributed by atoms with Crippen LogP contribution in [0.1, 0.15) is 38.4 Å². The Hall–Kier alpha value is -1.85. The Bertz CT molecular complexity index is 722. The number of anilines is 1. The zero-order chi connectivity index (χ0) is 18.4. The van der Waals surface area contributed by atoms with E-state index in [0.717, 1.165) is 51.3 Å². The second-order valence-corrected chi connectivity index (χ2v) is 7.32. The normalized spacial score (nSPS) is 15.9. The van der Waals surface area contributed by atoms with Gasteiger partial charge in [-0.05, 0) is 57.3 Å². The summed E-state index contributed by atoms with van der Waals surface area (Å²) in [6, 6.07) is 7.36. The van der Waals surface area contributed by atoms with Gasteiger partial charge in [-0.1, -0.05) is 23.7 Å². The summed E-state index contributed by atoms with van der Waals surface area (Å²) in [4.78, 5) is 19.1. The lowest BCUT2D eigenvalue weighted by Crippen LogP contribution is -2.34. The minimum atomic E-state index is 0.0468. The maximum Gasteiger partial charge on any atom is 0.224 e. The summed E-state index contributed by atoms with van der Waals surface area (Å²) in [7, 11) is 0. The Morgan fingerprint density at radius 1 is 1.31 bits per heavy atom. The van der Waals surface area contributed by atoms with Crippen molar-refractivity contribution >= 4 is 23.2 Å². The van der Waals surface area contributed by atoms with Crippen molar-refractivity contribution in [1.29, 1.82) is 0 Å². The Kier molecular flexibility index (Phi) is 6.69. The van der Waals surface area contributed by atoms with Gasteiger partial charge in [0.1, 0.15) is 5.82 Å². The largest absolute Gasteiger partial charge is 0.334 e. The van der Waals surface area contributed by atoms with Crippen LogP contribution in [0.3, 0.4) is 0 Å². The first kappa shape index (κ1) is 18.9. The maximum absolute atomic E-state index is 12.2. The molecule has 2 heterocycles. The topological polar surface area (TPSA) is 50.2 Å². The third kappa shape index (κ3) is 5.08. The van der Waals surface area contributed by atoms with Gasteiger partial charge in [0.25, 0.3) is 0 Å². The highest BCUT2D eigenvalue weighted by Crippen LogP contribution is 2.24. The Morgan fingerprint density at radius 2 is 2.08 bits per heavy atom. The summed E-state index contributed by atoms with van der Waals surface area (Å²) in [5.41, 5.74) is 0.695. The van der Waals surface area contributed by atoms with E-state index in [1.165, 1.54) is 0 Å². The summed E-state index contributed by atoms with van der Waals surface area (Å²) in [5.74, 6) is 1.81. The second kappa shape index (κ2) is 9.19. The molecule has 0 bridgehead atoms. The van der Waals surface area contributed by atoms with Gasteiger partial charge in [-0.3, -0.25) is 9.69 Å². The smallest absolute Gasteiger partial charge is 0.224 e. The second-order valence-electron chi connectivity index (χ2n) is 6.92. The first-order valence-corrected chi connectivity index (χ1v) is 9.80. The van der Waals surface area contributed by atoms with Crippen molar-refractivity contribution in [2.45, 2.75) is 45.7 Å². The molecule has 0 radical (unpaired) electrons. The van der Waals surface area contributed by atoms with Gasteiger partial charge in [0.2, 0.25) is 5.91 Å². The molecule has 6 heteroatoms. The molecule has 0 spiro atoms. The molecule has 140 valence electrons. The predicted molar refractivity (Wildman–Crippen MR) is 105 cm³/mol. The minimum Gasteiger partial charge on any atom is -0.334 e. The van der Waals surface area contributed by atoms with Gasteiger partial charge < -0.3 is 9.88 Å². The molecule has 0 saturated carbocycles. The molecule has 0 aliphatic carbocycles. The number of carbonyl (C=O) groups is 1. The number of carbonyl (C=O) groups excluding carboxylic acids is 1.